The molecule has 0 saturated heterocycles. The summed E-state index contributed by atoms with van der Waals surface area (Å²) in [5.74, 6) is 0.262. The van der Waals surface area contributed by atoms with Gasteiger partial charge in [0.15, 0.2) is 10.9 Å². The molecule has 0 aromatic heterocycles. The lowest BCUT2D eigenvalue weighted by Crippen LogP contribution is -2.28. The molecule has 1 aromatic rings. The number of nitrogens with zero attached hydrogens (tertiary/aromatic N) is 3. The first-order valence-electron chi connectivity index (χ1n) is 6.70. The maximum atomic E-state index is 11.9. The number of benzene rings is 1. The van der Waals surface area contributed by atoms with Crippen LogP contribution >= 0.6 is 11.8 Å². The minimum Gasteiger partial charge on any atom is -0.402 e. The zero-order valence-electron chi connectivity index (χ0n) is 11.9. The normalized spacial score (nSPS) is 19.0. The molecule has 0 atom stereocenters. The second-order valence-corrected chi connectivity index (χ2v) is 5.65. The molecule has 0 aliphatic carbocycles. The van der Waals surface area contributed by atoms with Crippen molar-refractivity contribution >= 4 is 34.7 Å². The SMILES string of the molecule is CC(=O)N(/C=C1/N=C(c2ccccc2)OC1=O)C1=NCCS1. The van der Waals surface area contributed by atoms with Gasteiger partial charge < -0.3 is 4.74 Å². The number of cyclic esters (lactones) is 1. The number of amidine groups is 1. The van der Waals surface area contributed by atoms with Gasteiger partial charge in [0.25, 0.3) is 0 Å². The molecular formula is C15H13N3O3S. The summed E-state index contributed by atoms with van der Waals surface area (Å²) in [6.45, 7) is 2.08. The highest BCUT2D eigenvalue weighted by Gasteiger charge is 2.27. The molecule has 6 nitrogen and oxygen atoms in total. The van der Waals surface area contributed by atoms with Crippen LogP contribution in [0.3, 0.4) is 0 Å². The minimum atomic E-state index is -0.575. The second-order valence-electron chi connectivity index (χ2n) is 4.59. The summed E-state index contributed by atoms with van der Waals surface area (Å²) >= 11 is 1.47. The molecule has 1 amide bonds. The zero-order chi connectivity index (χ0) is 15.5. The third-order valence-electron chi connectivity index (χ3n) is 3.01. The molecule has 0 fully saturated rings. The molecule has 3 rings (SSSR count). The summed E-state index contributed by atoms with van der Waals surface area (Å²) in [4.78, 5) is 33.5. The van der Waals surface area contributed by atoms with Crippen LogP contribution in [-0.2, 0) is 14.3 Å². The Kier molecular flexibility index (Phi) is 4.06. The lowest BCUT2D eigenvalue weighted by atomic mass is 10.2. The van der Waals surface area contributed by atoms with Gasteiger partial charge in [0.2, 0.25) is 11.8 Å². The van der Waals surface area contributed by atoms with Crippen molar-refractivity contribution in [2.45, 2.75) is 6.92 Å². The van der Waals surface area contributed by atoms with E-state index < -0.39 is 5.97 Å². The Bertz CT molecular complexity index is 710. The average Bonchev–Trinajstić information content (AvgIpc) is 3.15. The smallest absolute Gasteiger partial charge is 0.365 e. The molecular weight excluding hydrogens is 302 g/mol. The van der Waals surface area contributed by atoms with E-state index in [1.165, 1.54) is 29.8 Å². The summed E-state index contributed by atoms with van der Waals surface area (Å²) in [5, 5.41) is 0.580. The molecule has 0 saturated carbocycles. The molecule has 0 radical (unpaired) electrons. The van der Waals surface area contributed by atoms with Crippen molar-refractivity contribution < 1.29 is 14.3 Å². The maximum Gasteiger partial charge on any atom is 0.365 e. The van der Waals surface area contributed by atoms with Crippen molar-refractivity contribution in [3.05, 3.63) is 47.8 Å². The first-order chi connectivity index (χ1) is 10.6. The third kappa shape index (κ3) is 2.94. The Morgan fingerprint density at radius 3 is 2.77 bits per heavy atom. The first kappa shape index (κ1) is 14.5. The Morgan fingerprint density at radius 1 is 1.36 bits per heavy atom. The van der Waals surface area contributed by atoms with Crippen LogP contribution in [0.25, 0.3) is 0 Å². The van der Waals surface area contributed by atoms with E-state index in [2.05, 4.69) is 9.98 Å². The van der Waals surface area contributed by atoms with Crippen molar-refractivity contribution in [2.24, 2.45) is 9.98 Å². The van der Waals surface area contributed by atoms with Crippen LogP contribution in [0.15, 0.2) is 52.2 Å². The number of thioether (sulfide) groups is 1. The Morgan fingerprint density at radius 2 is 2.14 bits per heavy atom. The highest BCUT2D eigenvalue weighted by Crippen LogP contribution is 2.21. The maximum absolute atomic E-state index is 11.9. The van der Waals surface area contributed by atoms with Gasteiger partial charge in [-0.15, -0.1) is 0 Å². The molecule has 22 heavy (non-hydrogen) atoms. The Labute approximate surface area is 131 Å². The van der Waals surface area contributed by atoms with Crippen LogP contribution < -0.4 is 0 Å². The van der Waals surface area contributed by atoms with Crippen molar-refractivity contribution in [1.82, 2.24) is 4.90 Å². The molecule has 2 heterocycles. The fourth-order valence-electron chi connectivity index (χ4n) is 1.98. The summed E-state index contributed by atoms with van der Waals surface area (Å²) in [5.41, 5.74) is 0.797. The molecule has 2 aliphatic heterocycles. The first-order valence-corrected chi connectivity index (χ1v) is 7.69. The molecule has 0 bridgehead atoms. The molecule has 0 N–H and O–H groups in total. The van der Waals surface area contributed by atoms with E-state index in [-0.39, 0.29) is 17.5 Å². The predicted octanol–water partition coefficient (Wildman–Crippen LogP) is 1.78. The van der Waals surface area contributed by atoms with E-state index in [0.29, 0.717) is 17.3 Å². The fraction of sp³-hybridized carbons (Fsp3) is 0.200. The monoisotopic (exact) mass is 315 g/mol. The predicted molar refractivity (Wildman–Crippen MR) is 84.4 cm³/mol. The number of aliphatic imine (C=N–C) groups is 2. The standard InChI is InChI=1S/C15H13N3O3S/c1-10(19)18(15-16-7-8-22-15)9-12-14(20)21-13(17-12)11-5-3-2-4-6-11/h2-6,9H,7-8H2,1H3/b12-9+. The van der Waals surface area contributed by atoms with Crippen molar-refractivity contribution in [1.29, 1.82) is 0 Å². The van der Waals surface area contributed by atoms with Crippen LogP contribution in [0.5, 0.6) is 0 Å². The number of carbonyl (C=O) groups excluding carboxylic acids is 2. The molecule has 7 heteroatoms. The van der Waals surface area contributed by atoms with E-state index >= 15 is 0 Å². The zero-order valence-corrected chi connectivity index (χ0v) is 12.7. The highest BCUT2D eigenvalue weighted by atomic mass is 32.2. The van der Waals surface area contributed by atoms with E-state index in [9.17, 15) is 9.59 Å². The number of hydrogen-bond acceptors (Lipinski definition) is 6. The summed E-state index contributed by atoms with van der Waals surface area (Å²) < 4.78 is 5.16. The topological polar surface area (TPSA) is 71.3 Å². The van der Waals surface area contributed by atoms with Gasteiger partial charge in [-0.2, -0.15) is 0 Å². The molecule has 1 aromatic carbocycles. The van der Waals surface area contributed by atoms with Gasteiger partial charge in [-0.25, -0.2) is 9.79 Å². The molecule has 2 aliphatic rings. The quantitative estimate of drug-likeness (QED) is 0.616. The number of esters is 1. The summed E-state index contributed by atoms with van der Waals surface area (Å²) in [6, 6.07) is 9.13. The number of carbonyl (C=O) groups is 2. The third-order valence-corrected chi connectivity index (χ3v) is 3.98. The average molecular weight is 315 g/mol. The summed E-state index contributed by atoms with van der Waals surface area (Å²) in [7, 11) is 0. The van der Waals surface area contributed by atoms with Gasteiger partial charge in [-0.1, -0.05) is 30.0 Å². The van der Waals surface area contributed by atoms with Gasteiger partial charge in [0.1, 0.15) is 0 Å². The van der Waals surface area contributed by atoms with E-state index in [4.69, 9.17) is 4.74 Å². The molecule has 0 spiro atoms. The van der Waals surface area contributed by atoms with Crippen molar-refractivity contribution in [3.63, 3.8) is 0 Å². The van der Waals surface area contributed by atoms with Gasteiger partial charge in [-0.3, -0.25) is 14.7 Å². The van der Waals surface area contributed by atoms with Crippen LogP contribution in [0, 0.1) is 0 Å². The van der Waals surface area contributed by atoms with Crippen LogP contribution in [0.1, 0.15) is 12.5 Å². The van der Waals surface area contributed by atoms with Crippen LogP contribution in [0.2, 0.25) is 0 Å². The van der Waals surface area contributed by atoms with E-state index in [1.807, 2.05) is 18.2 Å². The van der Waals surface area contributed by atoms with Crippen molar-refractivity contribution in [3.8, 4) is 0 Å². The second kappa shape index (κ2) is 6.15. The van der Waals surface area contributed by atoms with Crippen LogP contribution in [0.4, 0.5) is 0 Å². The lowest BCUT2D eigenvalue weighted by molar-refractivity contribution is -0.130. The van der Waals surface area contributed by atoms with Gasteiger partial charge in [0.05, 0.1) is 6.54 Å². The molecule has 112 valence electrons. The molecule has 0 unspecified atom stereocenters. The van der Waals surface area contributed by atoms with E-state index in [0.717, 1.165) is 5.75 Å². The number of ether oxygens (including phenoxy) is 1. The number of amides is 1. The Balaban J connectivity index is 1.91. The fourth-order valence-corrected chi connectivity index (χ4v) is 2.84. The number of rotatable bonds is 2. The Hall–Kier alpha value is -2.41. The summed E-state index contributed by atoms with van der Waals surface area (Å²) in [6.07, 6.45) is 1.39. The minimum absolute atomic E-state index is 0.0873. The van der Waals surface area contributed by atoms with Crippen molar-refractivity contribution in [2.75, 3.05) is 12.3 Å². The van der Waals surface area contributed by atoms with Crippen LogP contribution in [-0.4, -0.2) is 40.1 Å². The van der Waals surface area contributed by atoms with Gasteiger partial charge in [-0.05, 0) is 12.1 Å². The number of hydrogen-bond donors (Lipinski definition) is 0. The van der Waals surface area contributed by atoms with Gasteiger partial charge in [0, 0.05) is 24.4 Å². The largest absolute Gasteiger partial charge is 0.402 e. The van der Waals surface area contributed by atoms with Gasteiger partial charge >= 0.3 is 5.97 Å². The van der Waals surface area contributed by atoms with E-state index in [1.54, 1.807) is 12.1 Å². The lowest BCUT2D eigenvalue weighted by Gasteiger charge is -2.14. The highest BCUT2D eigenvalue weighted by molar-refractivity contribution is 8.14.